The van der Waals surface area contributed by atoms with Crippen LogP contribution >= 0.6 is 11.6 Å². The van der Waals surface area contributed by atoms with Crippen LogP contribution in [-0.4, -0.2) is 12.5 Å². The molecule has 0 aromatic heterocycles. The molecule has 2 bridgehead atoms. The van der Waals surface area contributed by atoms with Gasteiger partial charge in [-0.15, -0.1) is 0 Å². The normalized spacial score (nSPS) is 31.8. The molecule has 0 atom stereocenters. The Bertz CT molecular complexity index is 415. The van der Waals surface area contributed by atoms with Gasteiger partial charge >= 0.3 is 0 Å². The van der Waals surface area contributed by atoms with Crippen molar-refractivity contribution in [2.45, 2.75) is 19.3 Å². The number of hydrogen-bond acceptors (Lipinski definition) is 1. The van der Waals surface area contributed by atoms with Gasteiger partial charge in [0.1, 0.15) is 0 Å². The topological polar surface area (TPSA) is 29.1 Å². The smallest absolute Gasteiger partial charge is 0.223 e. The number of benzene rings is 1. The number of halogens is 1. The van der Waals surface area contributed by atoms with Crippen LogP contribution in [0.1, 0.15) is 18.4 Å². The van der Waals surface area contributed by atoms with Gasteiger partial charge in [0.15, 0.2) is 0 Å². The zero-order valence-corrected chi connectivity index (χ0v) is 9.76. The molecule has 0 unspecified atom stereocenters. The van der Waals surface area contributed by atoms with E-state index in [1.807, 2.05) is 12.1 Å². The fourth-order valence-electron chi connectivity index (χ4n) is 2.98. The Morgan fingerprint density at radius 2 is 2.00 bits per heavy atom. The lowest BCUT2D eigenvalue weighted by atomic mass is 9.57. The van der Waals surface area contributed by atoms with E-state index in [1.54, 1.807) is 0 Å². The van der Waals surface area contributed by atoms with E-state index in [1.165, 1.54) is 5.56 Å². The van der Waals surface area contributed by atoms with Crippen molar-refractivity contribution in [2.75, 3.05) is 6.54 Å². The molecule has 2 heterocycles. The van der Waals surface area contributed by atoms with E-state index in [0.717, 1.165) is 30.8 Å². The van der Waals surface area contributed by atoms with Gasteiger partial charge < -0.3 is 5.32 Å². The van der Waals surface area contributed by atoms with Crippen molar-refractivity contribution in [3.8, 4) is 0 Å². The highest BCUT2D eigenvalue weighted by atomic mass is 35.5. The summed E-state index contributed by atoms with van der Waals surface area (Å²) in [6.45, 7) is 0.838. The number of rotatable bonds is 2. The summed E-state index contributed by atoms with van der Waals surface area (Å²) < 4.78 is 0. The van der Waals surface area contributed by atoms with E-state index in [2.05, 4.69) is 17.4 Å². The summed E-state index contributed by atoms with van der Waals surface area (Å²) in [6, 6.07) is 8.04. The lowest BCUT2D eigenvalue weighted by Gasteiger charge is -2.51. The maximum atomic E-state index is 11.3. The minimum absolute atomic E-state index is 0.248. The van der Waals surface area contributed by atoms with Gasteiger partial charge in [-0.1, -0.05) is 23.7 Å². The summed E-state index contributed by atoms with van der Waals surface area (Å²) in [6.07, 6.45) is 3.17. The number of carbonyl (C=O) groups excluding carboxylic acids is 1. The third-order valence-corrected chi connectivity index (χ3v) is 4.11. The van der Waals surface area contributed by atoms with Crippen molar-refractivity contribution in [1.82, 2.24) is 5.32 Å². The second kappa shape index (κ2) is 3.49. The average Bonchev–Trinajstić information content (AvgIpc) is 2.23. The lowest BCUT2D eigenvalue weighted by molar-refractivity contribution is -0.140. The molecule has 2 aliphatic heterocycles. The maximum Gasteiger partial charge on any atom is 0.223 e. The van der Waals surface area contributed by atoms with E-state index in [-0.39, 0.29) is 11.8 Å². The standard InChI is InChI=1S/C13H14ClNO/c14-11-3-1-9(2-4-11)5-13-6-10(7-13)12(16)15-8-13/h1-4,10H,5-8H2,(H,15,16). The number of nitrogens with one attached hydrogen (secondary N) is 1. The van der Waals surface area contributed by atoms with Gasteiger partial charge in [0.2, 0.25) is 5.91 Å². The molecule has 1 N–H and O–H groups in total. The molecule has 3 fully saturated rings. The third kappa shape index (κ3) is 1.61. The Morgan fingerprint density at radius 3 is 2.56 bits per heavy atom. The summed E-state index contributed by atoms with van der Waals surface area (Å²) in [5.41, 5.74) is 1.64. The van der Waals surface area contributed by atoms with Crippen LogP contribution in [0.2, 0.25) is 5.02 Å². The van der Waals surface area contributed by atoms with E-state index in [4.69, 9.17) is 11.6 Å². The molecule has 0 spiro atoms. The summed E-state index contributed by atoms with van der Waals surface area (Å²) in [4.78, 5) is 11.3. The van der Waals surface area contributed by atoms with Crippen LogP contribution in [0.25, 0.3) is 0 Å². The first-order valence-corrected chi connectivity index (χ1v) is 6.07. The maximum absolute atomic E-state index is 11.3. The van der Waals surface area contributed by atoms with Gasteiger partial charge in [0.25, 0.3) is 0 Å². The van der Waals surface area contributed by atoms with Crippen LogP contribution < -0.4 is 5.32 Å². The van der Waals surface area contributed by atoms with Crippen LogP contribution in [-0.2, 0) is 11.2 Å². The van der Waals surface area contributed by atoms with Crippen LogP contribution in [0.15, 0.2) is 24.3 Å². The highest BCUT2D eigenvalue weighted by Gasteiger charge is 2.50. The van der Waals surface area contributed by atoms with Gasteiger partial charge in [-0.2, -0.15) is 0 Å². The predicted octanol–water partition coefficient (Wildman–Crippen LogP) is 2.41. The third-order valence-electron chi connectivity index (χ3n) is 3.86. The minimum atomic E-state index is 0.248. The van der Waals surface area contributed by atoms with Crippen molar-refractivity contribution >= 4 is 17.5 Å². The summed E-state index contributed by atoms with van der Waals surface area (Å²) in [5.74, 6) is 0.527. The lowest BCUT2D eigenvalue weighted by Crippen LogP contribution is -2.58. The fraction of sp³-hybridized carbons (Fsp3) is 0.462. The second-order valence-electron chi connectivity index (χ2n) is 5.13. The Hall–Kier alpha value is -1.02. The van der Waals surface area contributed by atoms with Gasteiger partial charge in [0.05, 0.1) is 0 Å². The van der Waals surface area contributed by atoms with Crippen molar-refractivity contribution in [3.05, 3.63) is 34.9 Å². The van der Waals surface area contributed by atoms with Crippen LogP contribution in [0.4, 0.5) is 0 Å². The SMILES string of the molecule is O=C1NCC2(Cc3ccc(Cl)cc3)CC1C2. The quantitative estimate of drug-likeness (QED) is 0.838. The second-order valence-corrected chi connectivity index (χ2v) is 5.56. The number of hydrogen-bond donors (Lipinski definition) is 1. The molecule has 1 amide bonds. The zero-order valence-electron chi connectivity index (χ0n) is 9.00. The molecule has 16 heavy (non-hydrogen) atoms. The monoisotopic (exact) mass is 235 g/mol. The molecule has 4 rings (SSSR count). The first kappa shape index (κ1) is 10.2. The van der Waals surface area contributed by atoms with Crippen molar-refractivity contribution in [3.63, 3.8) is 0 Å². The van der Waals surface area contributed by atoms with Gasteiger partial charge in [0, 0.05) is 17.5 Å². The Kier molecular flexibility index (Phi) is 2.21. The minimum Gasteiger partial charge on any atom is -0.355 e. The highest BCUT2D eigenvalue weighted by molar-refractivity contribution is 6.30. The van der Waals surface area contributed by atoms with Crippen molar-refractivity contribution < 1.29 is 4.79 Å². The molecule has 1 saturated carbocycles. The first-order chi connectivity index (χ1) is 7.67. The van der Waals surface area contributed by atoms with Gasteiger partial charge in [-0.05, 0) is 42.4 Å². The highest BCUT2D eigenvalue weighted by Crippen LogP contribution is 2.50. The molecule has 1 aromatic rings. The number of piperidine rings is 2. The average molecular weight is 236 g/mol. The van der Waals surface area contributed by atoms with Gasteiger partial charge in [-0.3, -0.25) is 4.79 Å². The molecule has 84 valence electrons. The summed E-state index contributed by atoms with van der Waals surface area (Å²) >= 11 is 5.86. The molecule has 2 nitrogen and oxygen atoms in total. The van der Waals surface area contributed by atoms with Crippen LogP contribution in [0.5, 0.6) is 0 Å². The van der Waals surface area contributed by atoms with Crippen molar-refractivity contribution in [1.29, 1.82) is 0 Å². The molecule has 2 saturated heterocycles. The van der Waals surface area contributed by atoms with Gasteiger partial charge in [-0.25, -0.2) is 0 Å². The molecular formula is C13H14ClNO. The molecule has 3 aliphatic rings. The summed E-state index contributed by atoms with van der Waals surface area (Å²) in [5, 5.41) is 3.77. The van der Waals surface area contributed by atoms with E-state index < -0.39 is 0 Å². The largest absolute Gasteiger partial charge is 0.355 e. The van der Waals surface area contributed by atoms with Crippen molar-refractivity contribution in [2.24, 2.45) is 11.3 Å². The molecular weight excluding hydrogens is 222 g/mol. The molecule has 3 heteroatoms. The number of fused-ring (bicyclic) bond motifs is 2. The number of carbonyl (C=O) groups is 1. The Morgan fingerprint density at radius 1 is 1.31 bits per heavy atom. The zero-order chi connectivity index (χ0) is 11.2. The fourth-order valence-corrected chi connectivity index (χ4v) is 3.10. The Balaban J connectivity index is 1.72. The van der Waals surface area contributed by atoms with Crippen LogP contribution in [0.3, 0.4) is 0 Å². The predicted molar refractivity (Wildman–Crippen MR) is 63.3 cm³/mol. The van der Waals surface area contributed by atoms with Crippen LogP contribution in [0, 0.1) is 11.3 Å². The molecule has 1 aliphatic carbocycles. The van der Waals surface area contributed by atoms with E-state index >= 15 is 0 Å². The summed E-state index contributed by atoms with van der Waals surface area (Å²) in [7, 11) is 0. The Labute approximate surface area is 100.0 Å². The van der Waals surface area contributed by atoms with E-state index in [9.17, 15) is 4.79 Å². The molecule has 1 aromatic carbocycles. The van der Waals surface area contributed by atoms with E-state index in [0.29, 0.717) is 5.41 Å². The number of amides is 1. The molecule has 0 radical (unpaired) electrons. The first-order valence-electron chi connectivity index (χ1n) is 5.69.